The molecule has 0 saturated carbocycles. The largest absolute Gasteiger partial charge is 0.370 e. The van der Waals surface area contributed by atoms with Crippen LogP contribution in [0.2, 0.25) is 0 Å². The van der Waals surface area contributed by atoms with Gasteiger partial charge in [0.2, 0.25) is 0 Å². The highest BCUT2D eigenvalue weighted by Gasteiger charge is 2.21. The fourth-order valence-corrected chi connectivity index (χ4v) is 3.96. The number of aryl methyl sites for hydroxylation is 1. The van der Waals surface area contributed by atoms with Crippen molar-refractivity contribution in [3.63, 3.8) is 0 Å². The van der Waals surface area contributed by atoms with Crippen LogP contribution in [0.5, 0.6) is 0 Å². The van der Waals surface area contributed by atoms with Gasteiger partial charge in [-0.05, 0) is 44.4 Å². The number of nitrogens with one attached hydrogen (secondary N) is 2. The van der Waals surface area contributed by atoms with Crippen molar-refractivity contribution in [3.05, 3.63) is 42.0 Å². The van der Waals surface area contributed by atoms with E-state index in [1.54, 1.807) is 13.1 Å². The van der Waals surface area contributed by atoms with Gasteiger partial charge in [0.15, 0.2) is 5.96 Å². The number of nitrogens with zero attached hydrogens (tertiary/aromatic N) is 5. The van der Waals surface area contributed by atoms with Crippen molar-refractivity contribution in [2.24, 2.45) is 12.0 Å². The molecule has 1 aliphatic rings. The molecule has 1 aromatic heterocycles. The minimum absolute atomic E-state index is 0. The van der Waals surface area contributed by atoms with Gasteiger partial charge in [-0.1, -0.05) is 6.07 Å². The zero-order valence-electron chi connectivity index (χ0n) is 18.9. The maximum atomic E-state index is 14.5. The third-order valence-corrected chi connectivity index (χ3v) is 5.62. The van der Waals surface area contributed by atoms with Crippen molar-refractivity contribution >= 4 is 41.3 Å². The molecule has 0 amide bonds. The number of aliphatic imine (C=N–C) groups is 1. The Morgan fingerprint density at radius 1 is 1.32 bits per heavy atom. The number of halogens is 2. The molecule has 1 aliphatic heterocycles. The van der Waals surface area contributed by atoms with E-state index in [9.17, 15) is 4.39 Å². The van der Waals surface area contributed by atoms with Crippen LogP contribution in [-0.2, 0) is 13.6 Å². The van der Waals surface area contributed by atoms with Crippen molar-refractivity contribution in [3.8, 4) is 0 Å². The summed E-state index contributed by atoms with van der Waals surface area (Å²) in [5.41, 5.74) is 2.70. The second-order valence-electron chi connectivity index (χ2n) is 7.69. The van der Waals surface area contributed by atoms with Crippen LogP contribution in [0.3, 0.4) is 0 Å². The minimum atomic E-state index is -0.180. The second-order valence-corrected chi connectivity index (χ2v) is 7.69. The maximum Gasteiger partial charge on any atom is 0.191 e. The summed E-state index contributed by atoms with van der Waals surface area (Å²) in [6.07, 6.45) is 6.16. The number of aromatic nitrogens is 2. The Labute approximate surface area is 202 Å². The topological polar surface area (TPSA) is 60.7 Å². The van der Waals surface area contributed by atoms with Crippen LogP contribution in [0.1, 0.15) is 32.3 Å². The number of guanidine groups is 1. The lowest BCUT2D eigenvalue weighted by Crippen LogP contribution is -2.51. The number of hydrogen-bond donors (Lipinski definition) is 2. The Bertz CT molecular complexity index is 850. The third kappa shape index (κ3) is 6.72. The standard InChI is InChI=1S/C22H34FN7.HI/c1-5-29(6-2)21-10-9-17(12-20(21)23)13-25-22(24-3)27-18-8-7-11-30(15-18)19-14-26-28(4)16-19;/h9-10,12,14,16,18H,5-8,11,13,15H2,1-4H3,(H2,24,25,27);1H. The van der Waals surface area contributed by atoms with Crippen LogP contribution in [-0.4, -0.2) is 55.0 Å². The number of benzene rings is 1. The third-order valence-electron chi connectivity index (χ3n) is 5.62. The van der Waals surface area contributed by atoms with Gasteiger partial charge in [-0.2, -0.15) is 5.10 Å². The van der Waals surface area contributed by atoms with E-state index in [0.717, 1.165) is 56.2 Å². The molecule has 9 heteroatoms. The van der Waals surface area contributed by atoms with E-state index in [-0.39, 0.29) is 29.8 Å². The average molecular weight is 543 g/mol. The predicted octanol–water partition coefficient (Wildman–Crippen LogP) is 3.36. The fraction of sp³-hybridized carbons (Fsp3) is 0.545. The van der Waals surface area contributed by atoms with Crippen LogP contribution >= 0.6 is 24.0 Å². The SMILES string of the molecule is CCN(CC)c1ccc(CNC(=NC)NC2CCCN(c3cnn(C)c3)C2)cc1F.I. The Kier molecular flexibility index (Phi) is 9.86. The van der Waals surface area contributed by atoms with E-state index in [0.29, 0.717) is 18.3 Å². The molecule has 2 heterocycles. The Morgan fingerprint density at radius 3 is 2.71 bits per heavy atom. The van der Waals surface area contributed by atoms with Crippen LogP contribution < -0.4 is 20.4 Å². The smallest absolute Gasteiger partial charge is 0.191 e. The molecule has 1 fully saturated rings. The summed E-state index contributed by atoms with van der Waals surface area (Å²) in [4.78, 5) is 8.72. The lowest BCUT2D eigenvalue weighted by atomic mass is 10.1. The summed E-state index contributed by atoms with van der Waals surface area (Å²) in [5.74, 6) is 0.557. The molecular formula is C22H35FIN7. The first-order valence-electron chi connectivity index (χ1n) is 10.8. The van der Waals surface area contributed by atoms with Gasteiger partial charge in [0, 0.05) is 59.1 Å². The van der Waals surface area contributed by atoms with Gasteiger partial charge in [0.1, 0.15) is 5.82 Å². The molecular weight excluding hydrogens is 508 g/mol. The van der Waals surface area contributed by atoms with Gasteiger partial charge < -0.3 is 20.4 Å². The number of hydrogen-bond acceptors (Lipinski definition) is 4. The first-order valence-corrected chi connectivity index (χ1v) is 10.8. The summed E-state index contributed by atoms with van der Waals surface area (Å²) in [7, 11) is 3.70. The van der Waals surface area contributed by atoms with E-state index in [1.165, 1.54) is 0 Å². The summed E-state index contributed by atoms with van der Waals surface area (Å²) >= 11 is 0. The Balaban J connectivity index is 0.00000341. The highest BCUT2D eigenvalue weighted by atomic mass is 127. The van der Waals surface area contributed by atoms with Gasteiger partial charge >= 0.3 is 0 Å². The van der Waals surface area contributed by atoms with Crippen molar-refractivity contribution in [1.29, 1.82) is 0 Å². The normalized spacial score (nSPS) is 16.6. The van der Waals surface area contributed by atoms with Crippen molar-refractivity contribution in [2.45, 2.75) is 39.3 Å². The summed E-state index contributed by atoms with van der Waals surface area (Å²) in [6, 6.07) is 5.75. The van der Waals surface area contributed by atoms with Crippen molar-refractivity contribution in [1.82, 2.24) is 20.4 Å². The molecule has 1 aromatic carbocycles. The minimum Gasteiger partial charge on any atom is -0.370 e. The van der Waals surface area contributed by atoms with E-state index < -0.39 is 0 Å². The van der Waals surface area contributed by atoms with Crippen LogP contribution in [0.4, 0.5) is 15.8 Å². The van der Waals surface area contributed by atoms with Crippen molar-refractivity contribution < 1.29 is 4.39 Å². The zero-order valence-corrected chi connectivity index (χ0v) is 21.3. The van der Waals surface area contributed by atoms with Crippen LogP contribution in [0.25, 0.3) is 0 Å². The van der Waals surface area contributed by atoms with E-state index in [1.807, 2.05) is 55.0 Å². The monoisotopic (exact) mass is 543 g/mol. The highest BCUT2D eigenvalue weighted by Crippen LogP contribution is 2.21. The molecule has 0 radical (unpaired) electrons. The van der Waals surface area contributed by atoms with E-state index >= 15 is 0 Å². The lowest BCUT2D eigenvalue weighted by Gasteiger charge is -2.34. The van der Waals surface area contributed by atoms with Gasteiger partial charge in [-0.25, -0.2) is 4.39 Å². The molecule has 0 spiro atoms. The van der Waals surface area contributed by atoms with Gasteiger partial charge in [0.05, 0.1) is 17.6 Å². The highest BCUT2D eigenvalue weighted by molar-refractivity contribution is 14.0. The van der Waals surface area contributed by atoms with E-state index in [4.69, 9.17) is 0 Å². The molecule has 172 valence electrons. The summed E-state index contributed by atoms with van der Waals surface area (Å²) < 4.78 is 16.4. The number of piperidine rings is 1. The molecule has 1 atom stereocenters. The molecule has 3 rings (SSSR count). The number of rotatable bonds is 7. The van der Waals surface area contributed by atoms with Gasteiger partial charge in [-0.15, -0.1) is 24.0 Å². The maximum absolute atomic E-state index is 14.5. The molecule has 0 aliphatic carbocycles. The summed E-state index contributed by atoms with van der Waals surface area (Å²) in [6.45, 7) is 8.11. The Morgan fingerprint density at radius 2 is 2.10 bits per heavy atom. The molecule has 31 heavy (non-hydrogen) atoms. The van der Waals surface area contributed by atoms with Gasteiger partial charge in [0.25, 0.3) is 0 Å². The molecule has 2 aromatic rings. The molecule has 7 nitrogen and oxygen atoms in total. The molecule has 0 bridgehead atoms. The predicted molar refractivity (Wildman–Crippen MR) is 137 cm³/mol. The average Bonchev–Trinajstić information content (AvgIpc) is 3.20. The van der Waals surface area contributed by atoms with E-state index in [2.05, 4.69) is 25.6 Å². The quantitative estimate of drug-likeness (QED) is 0.319. The fourth-order valence-electron chi connectivity index (χ4n) is 3.96. The molecule has 2 N–H and O–H groups in total. The molecule has 1 saturated heterocycles. The lowest BCUT2D eigenvalue weighted by molar-refractivity contribution is 0.468. The Hall–Kier alpha value is -2.04. The van der Waals surface area contributed by atoms with Crippen LogP contribution in [0, 0.1) is 5.82 Å². The van der Waals surface area contributed by atoms with Crippen molar-refractivity contribution in [2.75, 3.05) is 43.0 Å². The van der Waals surface area contributed by atoms with Crippen LogP contribution in [0.15, 0.2) is 35.6 Å². The second kappa shape index (κ2) is 12.1. The summed E-state index contributed by atoms with van der Waals surface area (Å²) in [5, 5.41) is 11.1. The first kappa shape index (κ1) is 25.2. The first-order chi connectivity index (χ1) is 14.5. The van der Waals surface area contributed by atoms with Gasteiger partial charge in [-0.3, -0.25) is 9.67 Å². The molecule has 1 unspecified atom stereocenters. The number of anilines is 2. The zero-order chi connectivity index (χ0) is 21.5.